The van der Waals surface area contributed by atoms with Gasteiger partial charge in [-0.05, 0) is 154 Å². The minimum absolute atomic E-state index is 0.141. The Hall–Kier alpha value is -6.01. The van der Waals surface area contributed by atoms with Gasteiger partial charge in [-0.2, -0.15) is 0 Å². The largest absolute Gasteiger partial charge is 0.462 e. The van der Waals surface area contributed by atoms with Crippen molar-refractivity contribution in [3.8, 4) is 0 Å². The fraction of sp³-hybridized carbons (Fsp3) is 0.493. The van der Waals surface area contributed by atoms with Gasteiger partial charge in [-0.3, -0.25) is 14.4 Å². The lowest BCUT2D eigenvalue weighted by Gasteiger charge is -2.18. The number of carbonyl (C=O) groups is 3. The van der Waals surface area contributed by atoms with Crippen LogP contribution in [-0.2, 0) is 28.6 Å². The molecule has 0 aliphatic carbocycles. The average Bonchev–Trinajstić information content (AvgIpc) is 3.45. The maximum absolute atomic E-state index is 12.9. The number of esters is 3. The molecule has 0 aromatic carbocycles. The zero-order chi connectivity index (χ0) is 57.1. The minimum Gasteiger partial charge on any atom is -0.462 e. The molecule has 0 aromatic rings. The lowest BCUT2D eigenvalue weighted by molar-refractivity contribution is -0.167. The summed E-state index contributed by atoms with van der Waals surface area (Å²) in [6.07, 6.45) is 99.8. The zero-order valence-electron chi connectivity index (χ0n) is 49.8. The lowest BCUT2D eigenvalue weighted by atomic mass is 10.1. The van der Waals surface area contributed by atoms with Crippen molar-refractivity contribution < 1.29 is 28.6 Å². The van der Waals surface area contributed by atoms with Gasteiger partial charge in [-0.25, -0.2) is 0 Å². The molecule has 0 rings (SSSR count). The van der Waals surface area contributed by atoms with E-state index in [2.05, 4.69) is 227 Å². The Morgan fingerprint density at radius 3 is 0.759 bits per heavy atom. The summed E-state index contributed by atoms with van der Waals surface area (Å²) in [5.74, 6) is -1.09. The van der Waals surface area contributed by atoms with Crippen molar-refractivity contribution in [3.63, 3.8) is 0 Å². The van der Waals surface area contributed by atoms with E-state index in [1.807, 2.05) is 0 Å². The molecule has 6 nitrogen and oxygen atoms in total. The van der Waals surface area contributed by atoms with Gasteiger partial charge in [0.2, 0.25) is 0 Å². The van der Waals surface area contributed by atoms with E-state index in [-0.39, 0.29) is 38.0 Å². The Balaban J connectivity index is 4.59. The fourth-order valence-corrected chi connectivity index (χ4v) is 7.32. The molecule has 0 N–H and O–H groups in total. The first-order valence-corrected chi connectivity index (χ1v) is 30.6. The van der Waals surface area contributed by atoms with E-state index in [4.69, 9.17) is 14.2 Å². The second-order valence-corrected chi connectivity index (χ2v) is 19.1. The molecule has 1 atom stereocenters. The Morgan fingerprint density at radius 1 is 0.253 bits per heavy atom. The topological polar surface area (TPSA) is 78.9 Å². The van der Waals surface area contributed by atoms with E-state index in [0.717, 1.165) is 161 Å². The van der Waals surface area contributed by atoms with Crippen LogP contribution in [0.2, 0.25) is 0 Å². The zero-order valence-corrected chi connectivity index (χ0v) is 49.8. The third-order valence-electron chi connectivity index (χ3n) is 11.8. The van der Waals surface area contributed by atoms with Gasteiger partial charge in [-0.1, -0.05) is 247 Å². The molecule has 0 bridgehead atoms. The van der Waals surface area contributed by atoms with Gasteiger partial charge in [0.05, 0.1) is 0 Å². The minimum atomic E-state index is -0.854. The molecule has 0 saturated carbocycles. The second kappa shape index (κ2) is 64.5. The highest BCUT2D eigenvalue weighted by Crippen LogP contribution is 2.11. The van der Waals surface area contributed by atoms with Crippen LogP contribution < -0.4 is 0 Å². The number of unbranched alkanes of at least 4 members (excludes halogenated alkanes) is 7. The van der Waals surface area contributed by atoms with E-state index in [1.165, 1.54) is 0 Å². The van der Waals surface area contributed by atoms with Crippen LogP contribution in [0.1, 0.15) is 213 Å². The normalized spacial score (nSPS) is 13.6. The summed E-state index contributed by atoms with van der Waals surface area (Å²) in [4.78, 5) is 38.2. The Bertz CT molecular complexity index is 1960. The molecular formula is C73H108O6. The van der Waals surface area contributed by atoms with Gasteiger partial charge in [0.1, 0.15) is 13.2 Å². The van der Waals surface area contributed by atoms with Gasteiger partial charge >= 0.3 is 17.9 Å². The molecule has 0 aliphatic rings. The molecule has 0 heterocycles. The molecule has 0 aliphatic heterocycles. The predicted molar refractivity (Wildman–Crippen MR) is 343 cm³/mol. The molecule has 0 saturated heterocycles. The van der Waals surface area contributed by atoms with E-state index < -0.39 is 12.1 Å². The van der Waals surface area contributed by atoms with E-state index in [9.17, 15) is 14.4 Å². The highest BCUT2D eigenvalue weighted by molar-refractivity contribution is 5.71. The average molecular weight is 1080 g/mol. The Labute approximate surface area is 483 Å². The number of ether oxygens (including phenoxy) is 3. The number of hydrogen-bond acceptors (Lipinski definition) is 6. The molecular weight excluding hydrogens is 973 g/mol. The molecule has 1 unspecified atom stereocenters. The first-order chi connectivity index (χ1) is 39.0. The maximum atomic E-state index is 12.9. The predicted octanol–water partition coefficient (Wildman–Crippen LogP) is 21.2. The van der Waals surface area contributed by atoms with E-state index in [0.29, 0.717) is 19.3 Å². The summed E-state index contributed by atoms with van der Waals surface area (Å²) >= 11 is 0. The van der Waals surface area contributed by atoms with Crippen molar-refractivity contribution in [3.05, 3.63) is 207 Å². The molecule has 0 aromatic heterocycles. The van der Waals surface area contributed by atoms with Crippen LogP contribution in [-0.4, -0.2) is 37.2 Å². The molecule has 6 heteroatoms. The lowest BCUT2D eigenvalue weighted by Crippen LogP contribution is -2.30. The summed E-state index contributed by atoms with van der Waals surface area (Å²) in [6, 6.07) is 0. The summed E-state index contributed by atoms with van der Waals surface area (Å²) in [7, 11) is 0. The molecule has 0 amide bonds. The first-order valence-electron chi connectivity index (χ1n) is 30.6. The standard InChI is InChI=1S/C73H108O6/c1-4-7-10-13-16-19-22-25-28-31-32-33-34-35-36-37-38-39-40-43-45-48-51-54-57-60-63-66-72(75)78-69-70(79-73(76)67-64-61-58-55-52-49-46-42-30-27-24-21-18-15-12-9-6-3)68-77-71(74)65-62-59-56-53-50-47-44-41-29-26-23-20-17-14-11-8-5-2/h7-12,16-21,25-30,32-33,35-36,38-39,43-47,49,53,55-56,58,70H,4-6,13-15,22-24,31,34,37,40-42,48,50-52,54,57,59-69H2,1-3H3/b10-7-,11-8-,12-9-,19-16-,20-17-,21-18-,28-25-,29-26-,30-27-,33-32-,36-35-,39-38-,45-43-,47-44-,49-46-,56-53-,58-55-. The number of carbonyl (C=O) groups excluding carboxylic acids is 3. The Kier molecular flexibility index (Phi) is 59.6. The SMILES string of the molecule is CC/C=C\C/C=C\C/C=C\C/C=C\C/C=C\C/C=C\C/C=C\CCCCCCCC(=O)OCC(COC(=O)CCC/C=C\C/C=C\C/C=C\C/C=C\C/C=C\CC)OC(=O)CCC/C=C\C/C=C\C/C=C\C/C=C\C/C=C\CC. The van der Waals surface area contributed by atoms with Gasteiger partial charge in [0.15, 0.2) is 6.10 Å². The van der Waals surface area contributed by atoms with Crippen molar-refractivity contribution in [1.82, 2.24) is 0 Å². The second-order valence-electron chi connectivity index (χ2n) is 19.1. The van der Waals surface area contributed by atoms with Gasteiger partial charge in [0.25, 0.3) is 0 Å². The molecule has 0 fully saturated rings. The molecule has 79 heavy (non-hydrogen) atoms. The number of hydrogen-bond donors (Lipinski definition) is 0. The summed E-state index contributed by atoms with van der Waals surface area (Å²) in [5, 5.41) is 0. The van der Waals surface area contributed by atoms with Crippen molar-refractivity contribution >= 4 is 17.9 Å². The molecule has 0 spiro atoms. The number of rotatable bonds is 52. The van der Waals surface area contributed by atoms with Crippen LogP contribution in [0.4, 0.5) is 0 Å². The van der Waals surface area contributed by atoms with Crippen molar-refractivity contribution in [2.24, 2.45) is 0 Å². The third-order valence-corrected chi connectivity index (χ3v) is 11.8. The van der Waals surface area contributed by atoms with Crippen LogP contribution in [0.15, 0.2) is 207 Å². The first kappa shape index (κ1) is 73.0. The summed E-state index contributed by atoms with van der Waals surface area (Å²) in [6.45, 7) is 6.16. The van der Waals surface area contributed by atoms with E-state index >= 15 is 0 Å². The highest BCUT2D eigenvalue weighted by atomic mass is 16.6. The van der Waals surface area contributed by atoms with Crippen LogP contribution in [0, 0.1) is 0 Å². The van der Waals surface area contributed by atoms with Crippen LogP contribution in [0.25, 0.3) is 0 Å². The molecule has 436 valence electrons. The van der Waals surface area contributed by atoms with Gasteiger partial charge in [-0.15, -0.1) is 0 Å². The summed E-state index contributed by atoms with van der Waals surface area (Å²) in [5.41, 5.74) is 0. The monoisotopic (exact) mass is 1080 g/mol. The number of allylic oxidation sites excluding steroid dienone is 34. The van der Waals surface area contributed by atoms with Crippen molar-refractivity contribution in [2.45, 2.75) is 219 Å². The van der Waals surface area contributed by atoms with Crippen molar-refractivity contribution in [1.29, 1.82) is 0 Å². The fourth-order valence-electron chi connectivity index (χ4n) is 7.32. The third kappa shape index (κ3) is 62.7. The van der Waals surface area contributed by atoms with Gasteiger partial charge < -0.3 is 14.2 Å². The quantitative estimate of drug-likeness (QED) is 0.0261. The van der Waals surface area contributed by atoms with E-state index in [1.54, 1.807) is 0 Å². The van der Waals surface area contributed by atoms with Crippen LogP contribution >= 0.6 is 0 Å². The maximum Gasteiger partial charge on any atom is 0.306 e. The van der Waals surface area contributed by atoms with Gasteiger partial charge in [0, 0.05) is 19.3 Å². The van der Waals surface area contributed by atoms with Crippen molar-refractivity contribution in [2.75, 3.05) is 13.2 Å². The summed E-state index contributed by atoms with van der Waals surface area (Å²) < 4.78 is 16.8. The Morgan fingerprint density at radius 2 is 0.468 bits per heavy atom. The van der Waals surface area contributed by atoms with Crippen LogP contribution in [0.5, 0.6) is 0 Å². The highest BCUT2D eigenvalue weighted by Gasteiger charge is 2.19. The van der Waals surface area contributed by atoms with Crippen LogP contribution in [0.3, 0.4) is 0 Å². The smallest absolute Gasteiger partial charge is 0.306 e. The molecule has 0 radical (unpaired) electrons.